The van der Waals surface area contributed by atoms with E-state index in [0.717, 1.165) is 37.4 Å². The fourth-order valence-corrected chi connectivity index (χ4v) is 34.1. The summed E-state index contributed by atoms with van der Waals surface area (Å²) in [5.74, 6) is -0.993. The Morgan fingerprint density at radius 3 is 0.811 bits per heavy atom. The van der Waals surface area contributed by atoms with E-state index in [-0.39, 0.29) is 17.9 Å². The summed E-state index contributed by atoms with van der Waals surface area (Å²) in [7, 11) is -11.8. The fraction of sp³-hybridized carbons (Fsp3) is 0.757. The van der Waals surface area contributed by atoms with Gasteiger partial charge in [0.25, 0.3) is 0 Å². The molecule has 0 saturated carbocycles. The van der Waals surface area contributed by atoms with Gasteiger partial charge in [0.05, 0.1) is 19.8 Å². The van der Waals surface area contributed by atoms with Crippen LogP contribution in [0.1, 0.15) is 59.8 Å². The Kier molecular flexibility index (Phi) is 24.8. The first-order valence-electron chi connectivity index (χ1n) is 19.2. The van der Waals surface area contributed by atoms with Crippen LogP contribution in [0.3, 0.4) is 0 Å². The second-order valence-electron chi connectivity index (χ2n) is 17.4. The first-order valence-corrected chi connectivity index (χ1v) is 37.3. The lowest BCUT2D eigenvalue weighted by Gasteiger charge is -2.38. The molecule has 0 aliphatic rings. The summed E-state index contributed by atoms with van der Waals surface area (Å²) in [6, 6.07) is 3.96. The molecule has 10 nitrogen and oxygen atoms in total. The summed E-state index contributed by atoms with van der Waals surface area (Å²) < 4.78 is 41.6. The summed E-state index contributed by atoms with van der Waals surface area (Å²) in [6.07, 6.45) is 4.83. The van der Waals surface area contributed by atoms with Gasteiger partial charge >= 0.3 is 35.0 Å². The quantitative estimate of drug-likeness (QED) is 0.0274. The minimum Gasteiger partial charge on any atom is -0.462 e. The molecule has 0 rings (SSSR count). The molecule has 0 radical (unpaired) electrons. The monoisotopic (exact) mass is 850 g/mol. The second-order valence-corrected chi connectivity index (χ2v) is 42.4. The highest BCUT2D eigenvalue weighted by Crippen LogP contribution is 2.28. The number of rotatable bonds is 26. The van der Waals surface area contributed by atoms with E-state index < -0.39 is 50.4 Å². The molecule has 0 bridgehead atoms. The van der Waals surface area contributed by atoms with Crippen molar-refractivity contribution in [3.05, 3.63) is 36.5 Å². The van der Waals surface area contributed by atoms with Crippen molar-refractivity contribution in [1.82, 2.24) is 0 Å². The van der Waals surface area contributed by atoms with E-state index in [1.807, 2.05) is 0 Å². The maximum atomic E-state index is 11.4. The number of hydrogen-bond acceptors (Lipinski definition) is 10. The molecular formula is C37H78O10Si6. The van der Waals surface area contributed by atoms with Gasteiger partial charge < -0.3 is 30.7 Å². The van der Waals surface area contributed by atoms with Crippen molar-refractivity contribution in [3.63, 3.8) is 0 Å². The van der Waals surface area contributed by atoms with E-state index in [0.29, 0.717) is 36.5 Å². The molecule has 53 heavy (non-hydrogen) atoms. The van der Waals surface area contributed by atoms with Gasteiger partial charge in [-0.05, 0) is 143 Å². The zero-order chi connectivity index (χ0) is 41.9. The van der Waals surface area contributed by atoms with Crippen LogP contribution in [0.15, 0.2) is 36.5 Å². The number of carbonyl (C=O) groups excluding carboxylic acids is 3. The molecule has 0 aromatic heterocycles. The van der Waals surface area contributed by atoms with Crippen LogP contribution in [0.25, 0.3) is 0 Å². The van der Waals surface area contributed by atoms with Gasteiger partial charge in [0.2, 0.25) is 0 Å². The van der Waals surface area contributed by atoms with Crippen LogP contribution >= 0.6 is 0 Å². The lowest BCUT2D eigenvalue weighted by Crippen LogP contribution is -2.52. The molecule has 0 unspecified atom stereocenters. The Bertz CT molecular complexity index is 1150. The molecule has 0 amide bonds. The van der Waals surface area contributed by atoms with E-state index in [4.69, 9.17) is 30.7 Å². The van der Waals surface area contributed by atoms with E-state index in [1.165, 1.54) is 18.9 Å². The van der Waals surface area contributed by atoms with Gasteiger partial charge in [0, 0.05) is 16.7 Å². The van der Waals surface area contributed by atoms with Crippen LogP contribution in [0.5, 0.6) is 0 Å². The van der Waals surface area contributed by atoms with Crippen molar-refractivity contribution in [2.24, 2.45) is 0 Å². The smallest absolute Gasteiger partial charge is 0.333 e. The lowest BCUT2D eigenvalue weighted by molar-refractivity contribution is -0.139. The predicted molar refractivity (Wildman–Crippen MR) is 235 cm³/mol. The third-order valence-electron chi connectivity index (χ3n) is 7.74. The van der Waals surface area contributed by atoms with Crippen molar-refractivity contribution < 1.29 is 45.1 Å². The number of hydrogen-bond donors (Lipinski definition) is 0. The van der Waals surface area contributed by atoms with Crippen LogP contribution < -0.4 is 0 Å². The zero-order valence-corrected chi connectivity index (χ0v) is 42.7. The van der Waals surface area contributed by atoms with Crippen LogP contribution in [0.4, 0.5) is 0 Å². The van der Waals surface area contributed by atoms with Gasteiger partial charge in [-0.15, -0.1) is 0 Å². The van der Waals surface area contributed by atoms with E-state index in [2.05, 4.69) is 105 Å². The van der Waals surface area contributed by atoms with Crippen LogP contribution in [0, 0.1) is 0 Å². The molecule has 16 heteroatoms. The summed E-state index contributed by atoms with van der Waals surface area (Å²) in [6.45, 7) is 45.4. The van der Waals surface area contributed by atoms with Crippen molar-refractivity contribution in [1.29, 1.82) is 0 Å². The predicted octanol–water partition coefficient (Wildman–Crippen LogP) is 10.6. The Morgan fingerprint density at radius 2 is 0.623 bits per heavy atom. The Hall–Kier alpha value is -1.23. The number of esters is 3. The number of ether oxygens (including phenoxy) is 3. The maximum absolute atomic E-state index is 11.4. The third-order valence-corrected chi connectivity index (χ3v) is 30.7. The van der Waals surface area contributed by atoms with Gasteiger partial charge in [-0.1, -0.05) is 39.5 Å². The molecule has 0 aliphatic heterocycles. The largest absolute Gasteiger partial charge is 0.462 e. The minimum absolute atomic E-state index is 0.308. The van der Waals surface area contributed by atoms with Crippen molar-refractivity contribution >= 4 is 68.3 Å². The zero-order valence-electron chi connectivity index (χ0n) is 36.7. The molecule has 0 fully saturated rings. The average molecular weight is 852 g/mol. The Morgan fingerprint density at radius 1 is 0.415 bits per heavy atom. The highest BCUT2D eigenvalue weighted by Gasteiger charge is 2.40. The maximum Gasteiger partial charge on any atom is 0.333 e. The van der Waals surface area contributed by atoms with Gasteiger partial charge in [-0.25, -0.2) is 14.4 Å². The van der Waals surface area contributed by atoms with Gasteiger partial charge in [-0.3, -0.25) is 0 Å². The molecule has 0 atom stereocenters. The Balaban J connectivity index is 0. The molecular weight excluding hydrogens is 773 g/mol. The standard InChI is InChI=1S/C20H40O6Si3.C17H38O4Si3/c1-17(2)19(21)23-13-11-15-27(5,6)25-29(9,10)26-28(7,8)16-12-14-24-20(22)18(3)4;1-10-11-14-22(4,5)20-24(8,9)21-23(6,7)15-12-13-19-17(18)16(2)3/h1,3,11-16H2,2,4-10H3;2,10-15H2,1,3-9H3. The minimum atomic E-state index is -2.29. The van der Waals surface area contributed by atoms with Gasteiger partial charge in [-0.2, -0.15) is 0 Å². The average Bonchev–Trinajstić information content (AvgIpc) is 2.96. The van der Waals surface area contributed by atoms with Crippen LogP contribution in [0.2, 0.25) is 103 Å². The van der Waals surface area contributed by atoms with Gasteiger partial charge in [0.15, 0.2) is 33.3 Å². The number of carbonyl (C=O) groups is 3. The van der Waals surface area contributed by atoms with Crippen LogP contribution in [-0.4, -0.2) is 88.1 Å². The molecule has 0 heterocycles. The summed E-state index contributed by atoms with van der Waals surface area (Å²) in [4.78, 5) is 34.3. The first kappa shape index (κ1) is 53.9. The molecule has 0 N–H and O–H groups in total. The SMILES string of the molecule is C=C(C)C(=O)OCCC[Si](C)(C)O[Si](C)(C)O[Si](C)(C)CCCC.C=C(C)C(=O)OCCC[Si](C)(C)O[Si](C)(C)O[Si](C)(C)CCCOC(=O)C(=C)C. The normalized spacial score (nSPS) is 12.7. The fourth-order valence-electron chi connectivity index (χ4n) is 5.87. The van der Waals surface area contributed by atoms with E-state index in [1.54, 1.807) is 20.8 Å². The highest BCUT2D eigenvalue weighted by molar-refractivity contribution is 6.88. The van der Waals surface area contributed by atoms with Crippen molar-refractivity contribution in [2.45, 2.75) is 163 Å². The first-order chi connectivity index (χ1) is 23.9. The number of unbranched alkanes of at least 4 members (excludes halogenated alkanes) is 1. The summed E-state index contributed by atoms with van der Waals surface area (Å²) in [5.41, 5.74) is 1.28. The molecule has 0 aromatic carbocycles. The molecule has 310 valence electrons. The highest BCUT2D eigenvalue weighted by atomic mass is 28.5. The summed E-state index contributed by atoms with van der Waals surface area (Å²) >= 11 is 0. The van der Waals surface area contributed by atoms with Crippen molar-refractivity contribution in [2.75, 3.05) is 19.8 Å². The summed E-state index contributed by atoms with van der Waals surface area (Å²) in [5, 5.41) is 0. The molecule has 0 spiro atoms. The van der Waals surface area contributed by atoms with Gasteiger partial charge in [0.1, 0.15) is 0 Å². The molecule has 0 aromatic rings. The van der Waals surface area contributed by atoms with E-state index in [9.17, 15) is 14.4 Å². The Labute approximate surface area is 330 Å². The molecule has 0 saturated heterocycles. The second kappa shape index (κ2) is 24.4. The van der Waals surface area contributed by atoms with E-state index >= 15 is 0 Å². The molecule has 0 aliphatic carbocycles. The van der Waals surface area contributed by atoms with Crippen LogP contribution in [-0.2, 0) is 45.1 Å². The third kappa shape index (κ3) is 29.7. The van der Waals surface area contributed by atoms with Crippen molar-refractivity contribution in [3.8, 4) is 0 Å². The topological polar surface area (TPSA) is 116 Å². The lowest BCUT2D eigenvalue weighted by atomic mass is 10.4.